The zero-order valence-electron chi connectivity index (χ0n) is 14.7. The van der Waals surface area contributed by atoms with Gasteiger partial charge in [0, 0.05) is 18.2 Å². The first-order valence-electron chi connectivity index (χ1n) is 7.81. The highest BCUT2D eigenvalue weighted by Crippen LogP contribution is 2.33. The van der Waals surface area contributed by atoms with Gasteiger partial charge in [-0.05, 0) is 24.6 Å². The lowest BCUT2D eigenvalue weighted by Gasteiger charge is -2.26. The van der Waals surface area contributed by atoms with Crippen LogP contribution in [0.5, 0.6) is 0 Å². The van der Waals surface area contributed by atoms with Crippen molar-refractivity contribution in [2.75, 3.05) is 18.1 Å². The molecule has 1 N–H and O–H groups in total. The summed E-state index contributed by atoms with van der Waals surface area (Å²) >= 11 is 0. The topological polar surface area (TPSA) is 89.3 Å². The lowest BCUT2D eigenvalue weighted by atomic mass is 9.84. The van der Waals surface area contributed by atoms with Crippen LogP contribution in [0.2, 0.25) is 0 Å². The summed E-state index contributed by atoms with van der Waals surface area (Å²) < 4.78 is 23.7. The van der Waals surface area contributed by atoms with Gasteiger partial charge in [0.15, 0.2) is 9.84 Å². The normalized spacial score (nSPS) is 12.0. The van der Waals surface area contributed by atoms with Crippen molar-refractivity contribution in [3.05, 3.63) is 63.7 Å². The molecule has 7 heteroatoms. The Morgan fingerprint density at radius 2 is 1.80 bits per heavy atom. The summed E-state index contributed by atoms with van der Waals surface area (Å²) in [5.41, 5.74) is 1.73. The zero-order chi connectivity index (χ0) is 18.8. The second-order valence-electron chi connectivity index (χ2n) is 6.79. The van der Waals surface area contributed by atoms with Crippen molar-refractivity contribution in [3.8, 4) is 0 Å². The average Bonchev–Trinajstić information content (AvgIpc) is 2.51. The molecule has 0 unspecified atom stereocenters. The molecule has 134 valence electrons. The molecule has 2 aromatic carbocycles. The van der Waals surface area contributed by atoms with Crippen LogP contribution in [0.4, 0.5) is 11.4 Å². The number of rotatable bonds is 6. The van der Waals surface area contributed by atoms with Crippen LogP contribution < -0.4 is 5.32 Å². The Morgan fingerprint density at radius 1 is 1.16 bits per heavy atom. The summed E-state index contributed by atoms with van der Waals surface area (Å²) in [7, 11) is -3.69. The number of aryl methyl sites for hydroxylation is 1. The average molecular weight is 362 g/mol. The van der Waals surface area contributed by atoms with Gasteiger partial charge in [-0.15, -0.1) is 0 Å². The van der Waals surface area contributed by atoms with E-state index in [0.29, 0.717) is 6.54 Å². The maximum absolute atomic E-state index is 11.8. The monoisotopic (exact) mass is 362 g/mol. The SMILES string of the molecule is Cc1cccc(C(C)(C)CNc2cccc(S(C)(=O)=O)c2[N+](=O)[O-])c1. The fraction of sp³-hybridized carbons (Fsp3) is 0.333. The van der Waals surface area contributed by atoms with Crippen molar-refractivity contribution in [2.45, 2.75) is 31.1 Å². The second kappa shape index (κ2) is 6.84. The Hall–Kier alpha value is -2.41. The smallest absolute Gasteiger partial charge is 0.310 e. The van der Waals surface area contributed by atoms with Gasteiger partial charge < -0.3 is 5.32 Å². The fourth-order valence-corrected chi connectivity index (χ4v) is 3.50. The van der Waals surface area contributed by atoms with Crippen LogP contribution in [0.3, 0.4) is 0 Å². The van der Waals surface area contributed by atoms with Gasteiger partial charge in [-0.1, -0.05) is 49.7 Å². The fourth-order valence-electron chi connectivity index (χ4n) is 2.64. The number of hydrogen-bond acceptors (Lipinski definition) is 5. The predicted molar refractivity (Wildman–Crippen MR) is 98.9 cm³/mol. The molecule has 0 fully saturated rings. The first-order valence-corrected chi connectivity index (χ1v) is 9.70. The molecular weight excluding hydrogens is 340 g/mol. The van der Waals surface area contributed by atoms with Crippen molar-refractivity contribution < 1.29 is 13.3 Å². The summed E-state index contributed by atoms with van der Waals surface area (Å²) in [6.45, 7) is 6.49. The summed E-state index contributed by atoms with van der Waals surface area (Å²) in [6, 6.07) is 12.3. The number of hydrogen-bond donors (Lipinski definition) is 1. The van der Waals surface area contributed by atoms with Crippen LogP contribution in [0, 0.1) is 17.0 Å². The Morgan fingerprint density at radius 3 is 2.36 bits per heavy atom. The van der Waals surface area contributed by atoms with Crippen molar-refractivity contribution in [2.24, 2.45) is 0 Å². The van der Waals surface area contributed by atoms with Crippen molar-refractivity contribution in [3.63, 3.8) is 0 Å². The molecule has 0 aliphatic rings. The summed E-state index contributed by atoms with van der Waals surface area (Å²) in [6.07, 6.45) is 0.968. The number of nitrogens with one attached hydrogen (secondary N) is 1. The molecule has 25 heavy (non-hydrogen) atoms. The third-order valence-electron chi connectivity index (χ3n) is 4.10. The van der Waals surface area contributed by atoms with Gasteiger partial charge in [-0.25, -0.2) is 8.42 Å². The van der Waals surface area contributed by atoms with Crippen LogP contribution in [0.15, 0.2) is 47.4 Å². The van der Waals surface area contributed by atoms with Crippen LogP contribution in [0.1, 0.15) is 25.0 Å². The van der Waals surface area contributed by atoms with E-state index >= 15 is 0 Å². The van der Waals surface area contributed by atoms with E-state index in [1.807, 2.05) is 39.0 Å². The van der Waals surface area contributed by atoms with Crippen molar-refractivity contribution >= 4 is 21.2 Å². The van der Waals surface area contributed by atoms with Gasteiger partial charge in [0.05, 0.1) is 4.92 Å². The molecule has 0 radical (unpaired) electrons. The third-order valence-corrected chi connectivity index (χ3v) is 5.23. The number of benzene rings is 2. The van der Waals surface area contributed by atoms with E-state index < -0.39 is 20.4 Å². The molecule has 0 spiro atoms. The first kappa shape index (κ1) is 18.9. The minimum absolute atomic E-state index is 0.202. The molecule has 0 bridgehead atoms. The number of nitro groups is 1. The minimum atomic E-state index is -3.69. The van der Waals surface area contributed by atoms with Gasteiger partial charge in [-0.2, -0.15) is 0 Å². The van der Waals surface area contributed by atoms with Gasteiger partial charge >= 0.3 is 5.69 Å². The van der Waals surface area contributed by atoms with Gasteiger partial charge in [0.2, 0.25) is 0 Å². The molecule has 2 aromatic rings. The maximum Gasteiger partial charge on any atom is 0.310 e. The number of para-hydroxylation sites is 1. The number of sulfone groups is 1. The molecule has 6 nitrogen and oxygen atoms in total. The molecule has 0 atom stereocenters. The molecule has 0 saturated carbocycles. The highest BCUT2D eigenvalue weighted by Gasteiger charge is 2.28. The molecule has 0 aliphatic heterocycles. The van der Waals surface area contributed by atoms with E-state index in [1.165, 1.54) is 18.2 Å². The quantitative estimate of drug-likeness (QED) is 0.625. The maximum atomic E-state index is 11.8. The Balaban J connectivity index is 2.36. The first-order chi connectivity index (χ1) is 11.5. The van der Waals surface area contributed by atoms with Crippen molar-refractivity contribution in [1.82, 2.24) is 0 Å². The lowest BCUT2D eigenvalue weighted by Crippen LogP contribution is -2.28. The van der Waals surface area contributed by atoms with Crippen LogP contribution in [0.25, 0.3) is 0 Å². The van der Waals surface area contributed by atoms with Crippen molar-refractivity contribution in [1.29, 1.82) is 0 Å². The van der Waals surface area contributed by atoms with E-state index in [4.69, 9.17) is 0 Å². The van der Waals surface area contributed by atoms with Crippen LogP contribution >= 0.6 is 0 Å². The largest absolute Gasteiger partial charge is 0.379 e. The Bertz CT molecular complexity index is 905. The van der Waals surface area contributed by atoms with E-state index in [-0.39, 0.29) is 16.0 Å². The molecule has 0 amide bonds. The third kappa shape index (κ3) is 4.36. The highest BCUT2D eigenvalue weighted by molar-refractivity contribution is 7.90. The van der Waals surface area contributed by atoms with Gasteiger partial charge in [0.25, 0.3) is 0 Å². The van der Waals surface area contributed by atoms with Gasteiger partial charge in [0.1, 0.15) is 10.6 Å². The molecular formula is C18H22N2O4S. The van der Waals surface area contributed by atoms with Crippen LogP contribution in [-0.2, 0) is 15.3 Å². The lowest BCUT2D eigenvalue weighted by molar-refractivity contribution is -0.386. The Labute approximate surface area is 148 Å². The van der Waals surface area contributed by atoms with E-state index in [1.54, 1.807) is 0 Å². The van der Waals surface area contributed by atoms with E-state index in [0.717, 1.165) is 17.4 Å². The molecule has 2 rings (SSSR count). The van der Waals surface area contributed by atoms with Crippen LogP contribution in [-0.4, -0.2) is 26.1 Å². The number of anilines is 1. The molecule has 0 aromatic heterocycles. The number of nitro benzene ring substituents is 1. The summed E-state index contributed by atoms with van der Waals surface area (Å²) in [5, 5.41) is 14.5. The standard InChI is InChI=1S/C18H22N2O4S/c1-13-7-5-8-14(11-13)18(2,3)12-19-15-9-6-10-16(25(4,23)24)17(15)20(21)22/h5-11,19H,12H2,1-4H3. The summed E-state index contributed by atoms with van der Waals surface area (Å²) in [5.74, 6) is 0. The molecule has 0 heterocycles. The van der Waals surface area contributed by atoms with Gasteiger partial charge in [-0.3, -0.25) is 10.1 Å². The highest BCUT2D eigenvalue weighted by atomic mass is 32.2. The van der Waals surface area contributed by atoms with E-state index in [9.17, 15) is 18.5 Å². The van der Waals surface area contributed by atoms with E-state index in [2.05, 4.69) is 11.4 Å². The molecule has 0 aliphatic carbocycles. The molecule has 0 saturated heterocycles. The summed E-state index contributed by atoms with van der Waals surface area (Å²) in [4.78, 5) is 10.5. The minimum Gasteiger partial charge on any atom is -0.379 e. The second-order valence-corrected chi connectivity index (χ2v) is 8.77. The zero-order valence-corrected chi connectivity index (χ0v) is 15.6. The number of nitrogens with zero attached hydrogens (tertiary/aromatic N) is 1. The Kier molecular flexibility index (Phi) is 5.17. The predicted octanol–water partition coefficient (Wildman–Crippen LogP) is 3.70.